The smallest absolute Gasteiger partial charge is 0.243 e. The van der Waals surface area contributed by atoms with E-state index >= 15 is 0 Å². The van der Waals surface area contributed by atoms with E-state index in [0.717, 1.165) is 25.7 Å². The number of anilines is 1. The van der Waals surface area contributed by atoms with Crippen molar-refractivity contribution in [2.75, 3.05) is 18.4 Å². The predicted molar refractivity (Wildman–Crippen MR) is 85.0 cm³/mol. The van der Waals surface area contributed by atoms with Crippen LogP contribution in [0, 0.1) is 11.8 Å². The van der Waals surface area contributed by atoms with E-state index in [-0.39, 0.29) is 11.8 Å². The molecule has 1 aromatic rings. The van der Waals surface area contributed by atoms with Crippen molar-refractivity contribution >= 4 is 21.6 Å². The van der Waals surface area contributed by atoms with E-state index in [2.05, 4.69) is 12.2 Å². The maximum atomic E-state index is 12.5. The number of carbonyl (C=O) groups is 1. The highest BCUT2D eigenvalue weighted by molar-refractivity contribution is 7.89. The van der Waals surface area contributed by atoms with E-state index in [1.165, 1.54) is 0 Å². The Kier molecular flexibility index (Phi) is 4.23. The van der Waals surface area contributed by atoms with E-state index in [4.69, 9.17) is 0 Å². The van der Waals surface area contributed by atoms with Gasteiger partial charge in [0, 0.05) is 24.7 Å². The van der Waals surface area contributed by atoms with Gasteiger partial charge in [0.05, 0.1) is 4.90 Å². The number of hydrogen-bond donors (Lipinski definition) is 1. The van der Waals surface area contributed by atoms with E-state index < -0.39 is 10.0 Å². The molecule has 1 amide bonds. The molecule has 5 nitrogen and oxygen atoms in total. The molecule has 6 heteroatoms. The molecule has 2 atom stereocenters. The molecule has 2 fully saturated rings. The Labute approximate surface area is 131 Å². The van der Waals surface area contributed by atoms with Gasteiger partial charge < -0.3 is 5.32 Å². The number of nitrogens with zero attached hydrogens (tertiary/aromatic N) is 1. The van der Waals surface area contributed by atoms with Gasteiger partial charge in [-0.1, -0.05) is 13.3 Å². The minimum Gasteiger partial charge on any atom is -0.326 e. The molecule has 1 aliphatic carbocycles. The molecule has 1 saturated carbocycles. The number of rotatable bonds is 4. The number of hydrogen-bond acceptors (Lipinski definition) is 3. The summed E-state index contributed by atoms with van der Waals surface area (Å²) in [6, 6.07) is 6.50. The van der Waals surface area contributed by atoms with Crippen molar-refractivity contribution in [3.05, 3.63) is 24.3 Å². The molecule has 1 aromatic carbocycles. The van der Waals surface area contributed by atoms with Crippen molar-refractivity contribution in [2.24, 2.45) is 11.8 Å². The van der Waals surface area contributed by atoms with Gasteiger partial charge in [-0.2, -0.15) is 4.31 Å². The Morgan fingerprint density at radius 2 is 1.73 bits per heavy atom. The van der Waals surface area contributed by atoms with Gasteiger partial charge in [-0.25, -0.2) is 8.42 Å². The number of nitrogens with one attached hydrogen (secondary N) is 1. The summed E-state index contributed by atoms with van der Waals surface area (Å²) in [7, 11) is -3.40. The number of piperidine rings is 1. The van der Waals surface area contributed by atoms with Gasteiger partial charge in [-0.15, -0.1) is 0 Å². The second-order valence-electron chi connectivity index (χ2n) is 6.30. The maximum absolute atomic E-state index is 12.5. The van der Waals surface area contributed by atoms with Gasteiger partial charge in [0.2, 0.25) is 15.9 Å². The third-order valence-corrected chi connectivity index (χ3v) is 6.43. The zero-order valence-corrected chi connectivity index (χ0v) is 13.6. The first kappa shape index (κ1) is 15.5. The molecule has 22 heavy (non-hydrogen) atoms. The van der Waals surface area contributed by atoms with Crippen LogP contribution in [0.2, 0.25) is 0 Å². The lowest BCUT2D eigenvalue weighted by atomic mass is 10.2. The molecule has 3 rings (SSSR count). The first-order valence-corrected chi connectivity index (χ1v) is 9.33. The van der Waals surface area contributed by atoms with Gasteiger partial charge in [-0.05, 0) is 49.4 Å². The summed E-state index contributed by atoms with van der Waals surface area (Å²) in [5.74, 6) is 0.592. The normalized spacial score (nSPS) is 25.7. The SMILES string of the molecule is C[C@@H]1C[C@@H]1C(=O)Nc1ccc(S(=O)(=O)N2CCCCC2)cc1. The predicted octanol–water partition coefficient (Wildman–Crippen LogP) is 2.46. The maximum Gasteiger partial charge on any atom is 0.243 e. The lowest BCUT2D eigenvalue weighted by Crippen LogP contribution is -2.35. The van der Waals surface area contributed by atoms with Crippen molar-refractivity contribution in [1.82, 2.24) is 4.31 Å². The minimum atomic E-state index is -3.40. The fourth-order valence-electron chi connectivity index (χ4n) is 2.89. The van der Waals surface area contributed by atoms with Crippen molar-refractivity contribution in [3.8, 4) is 0 Å². The van der Waals surface area contributed by atoms with Gasteiger partial charge >= 0.3 is 0 Å². The van der Waals surface area contributed by atoms with Gasteiger partial charge in [-0.3, -0.25) is 4.79 Å². The number of benzene rings is 1. The van der Waals surface area contributed by atoms with Crippen molar-refractivity contribution < 1.29 is 13.2 Å². The highest BCUT2D eigenvalue weighted by Gasteiger charge is 2.39. The van der Waals surface area contributed by atoms with Crippen LogP contribution in [0.4, 0.5) is 5.69 Å². The molecular weight excluding hydrogens is 300 g/mol. The standard InChI is InChI=1S/C16H22N2O3S/c1-12-11-15(12)16(19)17-13-5-7-14(8-6-13)22(20,21)18-9-3-2-4-10-18/h5-8,12,15H,2-4,9-11H2,1H3,(H,17,19)/t12-,15+/m1/s1. The molecule has 1 aliphatic heterocycles. The summed E-state index contributed by atoms with van der Waals surface area (Å²) < 4.78 is 26.6. The molecule has 1 saturated heterocycles. The fraction of sp³-hybridized carbons (Fsp3) is 0.562. The van der Waals surface area contributed by atoms with Crippen LogP contribution in [-0.2, 0) is 14.8 Å². The van der Waals surface area contributed by atoms with Gasteiger partial charge in [0.15, 0.2) is 0 Å². The van der Waals surface area contributed by atoms with Crippen molar-refractivity contribution in [2.45, 2.75) is 37.5 Å². The first-order valence-electron chi connectivity index (χ1n) is 7.89. The second kappa shape index (κ2) is 6.01. The fourth-order valence-corrected chi connectivity index (χ4v) is 4.40. The third-order valence-electron chi connectivity index (χ3n) is 4.52. The summed E-state index contributed by atoms with van der Waals surface area (Å²) in [6.45, 7) is 3.25. The third kappa shape index (κ3) is 3.17. The highest BCUT2D eigenvalue weighted by atomic mass is 32.2. The second-order valence-corrected chi connectivity index (χ2v) is 8.24. The zero-order valence-electron chi connectivity index (χ0n) is 12.8. The molecule has 2 aliphatic rings. The number of carbonyl (C=O) groups excluding carboxylic acids is 1. The molecule has 0 radical (unpaired) electrons. The summed E-state index contributed by atoms with van der Waals surface area (Å²) in [4.78, 5) is 12.2. The molecular formula is C16H22N2O3S. The van der Waals surface area contributed by atoms with Crippen LogP contribution in [0.15, 0.2) is 29.2 Å². The molecule has 1 heterocycles. The van der Waals surface area contributed by atoms with E-state index in [1.807, 2.05) is 0 Å². The molecule has 120 valence electrons. The van der Waals surface area contributed by atoms with Crippen LogP contribution in [0.1, 0.15) is 32.6 Å². The number of amides is 1. The Morgan fingerprint density at radius 3 is 2.27 bits per heavy atom. The van der Waals surface area contributed by atoms with E-state index in [1.54, 1.807) is 28.6 Å². The molecule has 0 spiro atoms. The summed E-state index contributed by atoms with van der Waals surface area (Å²) in [5.41, 5.74) is 0.654. The van der Waals surface area contributed by atoms with E-state index in [0.29, 0.717) is 29.6 Å². The molecule has 0 unspecified atom stereocenters. The Bertz CT molecular complexity index is 648. The molecule has 0 aromatic heterocycles. The topological polar surface area (TPSA) is 66.5 Å². The van der Waals surface area contributed by atoms with Crippen LogP contribution < -0.4 is 5.32 Å². The van der Waals surface area contributed by atoms with Gasteiger partial charge in [0.1, 0.15) is 0 Å². The van der Waals surface area contributed by atoms with Crippen LogP contribution in [0.3, 0.4) is 0 Å². The van der Waals surface area contributed by atoms with Gasteiger partial charge in [0.25, 0.3) is 0 Å². The first-order chi connectivity index (χ1) is 10.5. The Morgan fingerprint density at radius 1 is 1.14 bits per heavy atom. The lowest BCUT2D eigenvalue weighted by Gasteiger charge is -2.25. The lowest BCUT2D eigenvalue weighted by molar-refractivity contribution is -0.117. The van der Waals surface area contributed by atoms with Crippen LogP contribution in [-0.4, -0.2) is 31.7 Å². The van der Waals surface area contributed by atoms with Crippen molar-refractivity contribution in [3.63, 3.8) is 0 Å². The average molecular weight is 322 g/mol. The molecule has 0 bridgehead atoms. The van der Waals surface area contributed by atoms with Crippen LogP contribution in [0.25, 0.3) is 0 Å². The summed E-state index contributed by atoms with van der Waals surface area (Å²) >= 11 is 0. The number of sulfonamides is 1. The van der Waals surface area contributed by atoms with E-state index in [9.17, 15) is 13.2 Å². The quantitative estimate of drug-likeness (QED) is 0.926. The summed E-state index contributed by atoms with van der Waals surface area (Å²) in [6.07, 6.45) is 3.88. The Balaban J connectivity index is 1.69. The Hall–Kier alpha value is -1.40. The average Bonchev–Trinajstić information content (AvgIpc) is 3.26. The highest BCUT2D eigenvalue weighted by Crippen LogP contribution is 2.38. The largest absolute Gasteiger partial charge is 0.326 e. The van der Waals surface area contributed by atoms with Crippen molar-refractivity contribution in [1.29, 1.82) is 0 Å². The minimum absolute atomic E-state index is 0.0270. The monoisotopic (exact) mass is 322 g/mol. The summed E-state index contributed by atoms with van der Waals surface area (Å²) in [5, 5.41) is 2.85. The van der Waals surface area contributed by atoms with Crippen LogP contribution in [0.5, 0.6) is 0 Å². The molecule has 1 N–H and O–H groups in total. The van der Waals surface area contributed by atoms with Crippen LogP contribution >= 0.6 is 0 Å². The zero-order chi connectivity index (χ0) is 15.7.